The second-order valence-electron chi connectivity index (χ2n) is 30.3. The fourth-order valence-corrected chi connectivity index (χ4v) is 17.6. The molecule has 6 aromatic heterocycles. The Kier molecular flexibility index (Phi) is 15.4. The number of nitrogens with zero attached hydrogens (tertiary/aromatic N) is 9. The van der Waals surface area contributed by atoms with Crippen molar-refractivity contribution in [2.45, 2.75) is 38.5 Å². The average molecular weight is 1430 g/mol. The Bertz CT molecular complexity index is 6720. The van der Waals surface area contributed by atoms with E-state index < -0.39 is 0 Å². The molecule has 0 amide bonds. The zero-order chi connectivity index (χ0) is 74.8. The molecule has 0 saturated carbocycles. The van der Waals surface area contributed by atoms with Gasteiger partial charge in [0, 0.05) is 99.0 Å². The quantitative estimate of drug-likeness (QED) is 0.134. The first-order valence-corrected chi connectivity index (χ1v) is 38.3. The maximum absolute atomic E-state index is 5.36. The maximum Gasteiger partial charge on any atom is 0.164 e. The molecule has 0 unspecified atom stereocenters. The number of para-hydroxylation sites is 6. The first-order valence-electron chi connectivity index (χ1n) is 38.3. The third kappa shape index (κ3) is 10.8. The lowest BCUT2D eigenvalue weighted by molar-refractivity contribution is 0.660. The standard InChI is InChI=1S/C52H36N4.C51H35N5/c1-52(2)42-22-12-9-19-38(42)39-30-29-36(31-43(39)52)46-32-45(54-51(55-46)35-15-5-3-6-16-35)33-25-27-34(28-26-33)49-48-41-21-11-14-24-47(41)56(37-17-7-4-8-18-37)50(48)40-20-10-13-23-44(40)53-49;1-51(2)41-22-12-9-19-37(41)38-30-29-35(31-42(38)51)50-54-48(33-15-5-3-6-16-33)53-49(55-50)34-27-25-32(26-28-34)46-45-40-21-11-14-24-44(40)56(36-17-7-4-8-18-36)47(45)39-20-10-13-23-43(39)52-46/h3-32H,1-2H3;3-31H,1-2H3. The second kappa shape index (κ2) is 26.2. The molecule has 0 bridgehead atoms. The summed E-state index contributed by atoms with van der Waals surface area (Å²) in [6.07, 6.45) is 0. The summed E-state index contributed by atoms with van der Waals surface area (Å²) in [5.41, 5.74) is 30.7. The molecule has 0 N–H and O–H groups in total. The van der Waals surface area contributed by atoms with Crippen molar-refractivity contribution in [3.63, 3.8) is 0 Å². The number of benzene rings is 14. The highest BCUT2D eigenvalue weighted by atomic mass is 15.0. The van der Waals surface area contributed by atoms with E-state index in [-0.39, 0.29) is 10.8 Å². The molecule has 0 saturated heterocycles. The van der Waals surface area contributed by atoms with E-state index in [1.54, 1.807) is 0 Å². The van der Waals surface area contributed by atoms with E-state index in [4.69, 9.17) is 34.9 Å². The highest BCUT2D eigenvalue weighted by molar-refractivity contribution is 6.24. The van der Waals surface area contributed by atoms with Crippen molar-refractivity contribution in [1.82, 2.24) is 44.0 Å². The van der Waals surface area contributed by atoms with Crippen LogP contribution in [0.3, 0.4) is 0 Å². The molecule has 9 nitrogen and oxygen atoms in total. The van der Waals surface area contributed by atoms with Crippen LogP contribution in [0.25, 0.3) is 190 Å². The van der Waals surface area contributed by atoms with Gasteiger partial charge in [-0.3, -0.25) is 0 Å². The van der Waals surface area contributed by atoms with Crippen LogP contribution < -0.4 is 0 Å². The van der Waals surface area contributed by atoms with Gasteiger partial charge in [-0.2, -0.15) is 0 Å². The molecule has 9 heteroatoms. The maximum atomic E-state index is 5.36. The van der Waals surface area contributed by atoms with E-state index in [0.717, 1.165) is 133 Å². The minimum atomic E-state index is -0.133. The molecule has 22 rings (SSSR count). The normalized spacial score (nSPS) is 13.0. The number of pyridine rings is 2. The Morgan fingerprint density at radius 1 is 0.223 bits per heavy atom. The fourth-order valence-electron chi connectivity index (χ4n) is 17.6. The van der Waals surface area contributed by atoms with Crippen molar-refractivity contribution in [2.75, 3.05) is 0 Å². The predicted molar refractivity (Wildman–Crippen MR) is 460 cm³/mol. The predicted octanol–water partition coefficient (Wildman–Crippen LogP) is 25.6. The van der Waals surface area contributed by atoms with Gasteiger partial charge in [0.25, 0.3) is 0 Å². The number of aromatic nitrogens is 9. The lowest BCUT2D eigenvalue weighted by atomic mass is 9.82. The van der Waals surface area contributed by atoms with Crippen LogP contribution in [0.15, 0.2) is 358 Å². The Morgan fingerprint density at radius 3 is 1.02 bits per heavy atom. The molecule has 14 aromatic carbocycles. The van der Waals surface area contributed by atoms with Crippen molar-refractivity contribution < 1.29 is 0 Å². The van der Waals surface area contributed by atoms with Gasteiger partial charge in [0.05, 0.1) is 55.9 Å². The average Bonchev–Trinajstić information content (AvgIpc) is 1.54. The van der Waals surface area contributed by atoms with Crippen LogP contribution in [-0.2, 0) is 10.8 Å². The van der Waals surface area contributed by atoms with Gasteiger partial charge in [-0.25, -0.2) is 34.9 Å². The van der Waals surface area contributed by atoms with E-state index >= 15 is 0 Å². The molecule has 20 aromatic rings. The highest BCUT2D eigenvalue weighted by Gasteiger charge is 2.37. The van der Waals surface area contributed by atoms with Gasteiger partial charge in [-0.1, -0.05) is 319 Å². The van der Waals surface area contributed by atoms with Gasteiger partial charge in [0.15, 0.2) is 23.3 Å². The van der Waals surface area contributed by atoms with Gasteiger partial charge in [0.2, 0.25) is 0 Å². The van der Waals surface area contributed by atoms with Gasteiger partial charge in [0.1, 0.15) is 0 Å². The zero-order valence-corrected chi connectivity index (χ0v) is 62.1. The number of hydrogen-bond donors (Lipinski definition) is 0. The highest BCUT2D eigenvalue weighted by Crippen LogP contribution is 2.52. The Labute approximate surface area is 648 Å². The van der Waals surface area contributed by atoms with Crippen molar-refractivity contribution in [2.24, 2.45) is 0 Å². The molecule has 0 aliphatic heterocycles. The lowest BCUT2D eigenvalue weighted by Gasteiger charge is -2.22. The van der Waals surface area contributed by atoms with Crippen LogP contribution in [0.1, 0.15) is 49.9 Å². The zero-order valence-electron chi connectivity index (χ0n) is 62.1. The molecule has 112 heavy (non-hydrogen) atoms. The summed E-state index contributed by atoms with van der Waals surface area (Å²) in [6, 6.07) is 126. The second-order valence-corrected chi connectivity index (χ2v) is 30.3. The first kappa shape index (κ1) is 65.8. The monoisotopic (exact) mass is 1430 g/mol. The van der Waals surface area contributed by atoms with Gasteiger partial charge < -0.3 is 9.13 Å². The molecule has 0 atom stereocenters. The van der Waals surface area contributed by atoms with Crippen LogP contribution >= 0.6 is 0 Å². The van der Waals surface area contributed by atoms with Crippen LogP contribution in [0.5, 0.6) is 0 Å². The van der Waals surface area contributed by atoms with Gasteiger partial charge in [-0.15, -0.1) is 0 Å². The molecular formula is C103H71N9. The summed E-state index contributed by atoms with van der Waals surface area (Å²) in [7, 11) is 0. The summed E-state index contributed by atoms with van der Waals surface area (Å²) in [5.74, 6) is 2.63. The summed E-state index contributed by atoms with van der Waals surface area (Å²) in [4.78, 5) is 36.3. The van der Waals surface area contributed by atoms with Gasteiger partial charge in [-0.05, 0) is 111 Å². The smallest absolute Gasteiger partial charge is 0.164 e. The Morgan fingerprint density at radius 2 is 0.545 bits per heavy atom. The van der Waals surface area contributed by atoms with Crippen LogP contribution in [0, 0.1) is 0 Å². The molecule has 528 valence electrons. The number of rotatable bonds is 10. The third-order valence-electron chi connectivity index (χ3n) is 23.1. The van der Waals surface area contributed by atoms with E-state index in [2.05, 4.69) is 358 Å². The topological polar surface area (TPSA) is 100 Å². The molecule has 0 fully saturated rings. The van der Waals surface area contributed by atoms with Crippen molar-refractivity contribution >= 4 is 65.4 Å². The number of fused-ring (bicyclic) bond motifs is 16. The summed E-state index contributed by atoms with van der Waals surface area (Å²) >= 11 is 0. The molecule has 6 heterocycles. The lowest BCUT2D eigenvalue weighted by Crippen LogP contribution is -2.15. The first-order chi connectivity index (χ1) is 55.1. The van der Waals surface area contributed by atoms with Crippen LogP contribution in [0.4, 0.5) is 0 Å². The van der Waals surface area contributed by atoms with Crippen molar-refractivity contribution in [3.05, 3.63) is 380 Å². The molecular weight excluding hydrogens is 1360 g/mol. The minimum Gasteiger partial charge on any atom is -0.308 e. The molecule has 0 spiro atoms. The summed E-state index contributed by atoms with van der Waals surface area (Å²) < 4.78 is 4.77. The van der Waals surface area contributed by atoms with E-state index in [9.17, 15) is 0 Å². The van der Waals surface area contributed by atoms with E-state index in [1.807, 2.05) is 36.4 Å². The fraction of sp³-hybridized carbons (Fsp3) is 0.0583. The SMILES string of the molecule is CC1(C)c2ccccc2-c2ccc(-c3cc(-c4ccc(-c5nc6ccccc6c6c5c5ccccc5n6-c5ccccc5)cc4)nc(-c4ccccc4)n3)cc21.CC1(C)c2ccccc2-c2ccc(-c3nc(-c4ccccc4)nc(-c4ccc(-c5nc6ccccc6c6c5c5ccccc5n6-c5ccccc5)cc4)n3)cc21. The Hall–Kier alpha value is -14.4. The van der Waals surface area contributed by atoms with E-state index in [0.29, 0.717) is 23.3 Å². The van der Waals surface area contributed by atoms with Crippen LogP contribution in [-0.4, -0.2) is 44.0 Å². The molecule has 2 aliphatic carbocycles. The number of hydrogen-bond acceptors (Lipinski definition) is 7. The Balaban J connectivity index is 0.000000141. The molecule has 0 radical (unpaired) electrons. The summed E-state index contributed by atoms with van der Waals surface area (Å²) in [6.45, 7) is 9.24. The van der Waals surface area contributed by atoms with Crippen molar-refractivity contribution in [3.8, 4) is 124 Å². The van der Waals surface area contributed by atoms with E-state index in [1.165, 1.54) is 55.3 Å². The van der Waals surface area contributed by atoms with Gasteiger partial charge >= 0.3 is 0 Å². The minimum absolute atomic E-state index is 0.106. The summed E-state index contributed by atoms with van der Waals surface area (Å²) in [5, 5.41) is 6.87. The van der Waals surface area contributed by atoms with Crippen molar-refractivity contribution in [1.29, 1.82) is 0 Å². The van der Waals surface area contributed by atoms with Crippen LogP contribution in [0.2, 0.25) is 0 Å². The third-order valence-corrected chi connectivity index (χ3v) is 23.1. The molecule has 2 aliphatic rings. The largest absolute Gasteiger partial charge is 0.308 e.